The average Bonchev–Trinajstić information content (AvgIpc) is 2.82. The highest BCUT2D eigenvalue weighted by atomic mass is 16.1. The van der Waals surface area contributed by atoms with Crippen LogP contribution in [0.5, 0.6) is 0 Å². The van der Waals surface area contributed by atoms with Crippen LogP contribution in [0, 0.1) is 6.92 Å². The summed E-state index contributed by atoms with van der Waals surface area (Å²) in [4.78, 5) is 19.0. The number of carbonyl (C=O) groups is 1. The Hall–Kier alpha value is -2.73. The van der Waals surface area contributed by atoms with Crippen molar-refractivity contribution in [3.63, 3.8) is 0 Å². The summed E-state index contributed by atoms with van der Waals surface area (Å²) in [6.07, 6.45) is 3.44. The van der Waals surface area contributed by atoms with Gasteiger partial charge in [-0.1, -0.05) is 12.1 Å². The fourth-order valence-corrected chi connectivity index (χ4v) is 2.57. The van der Waals surface area contributed by atoms with Crippen LogP contribution in [-0.2, 0) is 6.54 Å². The highest BCUT2D eigenvalue weighted by Gasteiger charge is 2.18. The van der Waals surface area contributed by atoms with Crippen LogP contribution in [0.4, 0.5) is 5.69 Å². The number of hydrogen-bond acceptors (Lipinski definition) is 4. The summed E-state index contributed by atoms with van der Waals surface area (Å²) in [5.74, 6) is -0.196. The molecule has 0 fully saturated rings. The van der Waals surface area contributed by atoms with Crippen LogP contribution >= 0.6 is 0 Å². The number of aromatic nitrogens is 3. The Labute approximate surface area is 134 Å². The predicted octanol–water partition coefficient (Wildman–Crippen LogP) is 2.35. The second kappa shape index (κ2) is 6.18. The van der Waals surface area contributed by atoms with Crippen molar-refractivity contribution in [2.45, 2.75) is 13.5 Å². The van der Waals surface area contributed by atoms with Crippen molar-refractivity contribution in [3.8, 4) is 0 Å². The molecule has 6 nitrogen and oxygen atoms in total. The first kappa shape index (κ1) is 15.2. The van der Waals surface area contributed by atoms with Gasteiger partial charge in [0.25, 0.3) is 5.91 Å². The Bertz CT molecular complexity index is 853. The summed E-state index contributed by atoms with van der Waals surface area (Å²) in [7, 11) is 4.03. The lowest BCUT2D eigenvalue weighted by Gasteiger charge is -2.11. The third-order valence-corrected chi connectivity index (χ3v) is 3.48. The zero-order chi connectivity index (χ0) is 16.4. The molecule has 2 heterocycles. The minimum absolute atomic E-state index is 0.196. The van der Waals surface area contributed by atoms with Gasteiger partial charge in [-0.15, -0.1) is 0 Å². The van der Waals surface area contributed by atoms with Crippen LogP contribution in [0.15, 0.2) is 42.7 Å². The topological polar surface area (TPSA) is 62.5 Å². The molecule has 1 aromatic carbocycles. The highest BCUT2D eigenvalue weighted by molar-refractivity contribution is 6.09. The number of fused-ring (bicyclic) bond motifs is 1. The van der Waals surface area contributed by atoms with Crippen LogP contribution in [0.2, 0.25) is 0 Å². The number of amides is 1. The van der Waals surface area contributed by atoms with Crippen LogP contribution in [0.25, 0.3) is 5.65 Å². The Morgan fingerprint density at radius 2 is 2.13 bits per heavy atom. The maximum atomic E-state index is 12.6. The lowest BCUT2D eigenvalue weighted by molar-refractivity contribution is 0.102. The second-order valence-electron chi connectivity index (χ2n) is 5.74. The number of nitrogens with zero attached hydrogens (tertiary/aromatic N) is 4. The minimum atomic E-state index is -0.196. The summed E-state index contributed by atoms with van der Waals surface area (Å²) in [5.41, 5.74) is 3.63. The van der Waals surface area contributed by atoms with E-state index in [9.17, 15) is 4.79 Å². The van der Waals surface area contributed by atoms with Crippen molar-refractivity contribution in [2.24, 2.45) is 0 Å². The van der Waals surface area contributed by atoms with Gasteiger partial charge in [0.05, 0.1) is 5.69 Å². The van der Waals surface area contributed by atoms with Gasteiger partial charge < -0.3 is 10.2 Å². The number of nitrogens with one attached hydrogen (secondary N) is 1. The third-order valence-electron chi connectivity index (χ3n) is 3.48. The van der Waals surface area contributed by atoms with E-state index in [-0.39, 0.29) is 5.91 Å². The van der Waals surface area contributed by atoms with Gasteiger partial charge in [-0.3, -0.25) is 4.79 Å². The lowest BCUT2D eigenvalue weighted by atomic mass is 10.1. The Morgan fingerprint density at radius 1 is 1.30 bits per heavy atom. The first-order valence-electron chi connectivity index (χ1n) is 7.39. The highest BCUT2D eigenvalue weighted by Crippen LogP contribution is 2.17. The van der Waals surface area contributed by atoms with E-state index in [0.29, 0.717) is 16.9 Å². The van der Waals surface area contributed by atoms with Gasteiger partial charge in [-0.05, 0) is 44.8 Å². The van der Waals surface area contributed by atoms with Crippen molar-refractivity contribution in [1.82, 2.24) is 19.5 Å². The van der Waals surface area contributed by atoms with Crippen molar-refractivity contribution in [2.75, 3.05) is 19.4 Å². The molecule has 0 saturated heterocycles. The van der Waals surface area contributed by atoms with Gasteiger partial charge in [-0.2, -0.15) is 5.10 Å². The monoisotopic (exact) mass is 309 g/mol. The molecule has 6 heteroatoms. The summed E-state index contributed by atoms with van der Waals surface area (Å²) in [6, 6.07) is 9.62. The normalized spacial score (nSPS) is 11.1. The van der Waals surface area contributed by atoms with Crippen LogP contribution in [-0.4, -0.2) is 39.5 Å². The maximum absolute atomic E-state index is 12.6. The van der Waals surface area contributed by atoms with Crippen LogP contribution < -0.4 is 5.32 Å². The first-order chi connectivity index (χ1) is 11.0. The van der Waals surface area contributed by atoms with Crippen molar-refractivity contribution in [1.29, 1.82) is 0 Å². The van der Waals surface area contributed by atoms with E-state index in [0.717, 1.165) is 17.8 Å². The molecule has 1 amide bonds. The van der Waals surface area contributed by atoms with Crippen molar-refractivity contribution in [3.05, 3.63) is 59.5 Å². The van der Waals surface area contributed by atoms with Gasteiger partial charge in [0.1, 0.15) is 5.56 Å². The number of rotatable bonds is 4. The van der Waals surface area contributed by atoms with Crippen LogP contribution in [0.3, 0.4) is 0 Å². The van der Waals surface area contributed by atoms with Crippen molar-refractivity contribution >= 4 is 17.2 Å². The Kier molecular flexibility index (Phi) is 4.08. The smallest absolute Gasteiger partial charge is 0.261 e. The number of benzene rings is 1. The van der Waals surface area contributed by atoms with E-state index >= 15 is 0 Å². The fraction of sp³-hybridized carbons (Fsp3) is 0.235. The molecule has 0 saturated carbocycles. The molecule has 2 aromatic heterocycles. The lowest BCUT2D eigenvalue weighted by Crippen LogP contribution is -2.14. The van der Waals surface area contributed by atoms with E-state index in [4.69, 9.17) is 0 Å². The average molecular weight is 309 g/mol. The number of anilines is 1. The molecule has 0 unspecified atom stereocenters. The molecule has 0 aliphatic carbocycles. The molecule has 118 valence electrons. The molecule has 1 N–H and O–H groups in total. The van der Waals surface area contributed by atoms with E-state index in [1.165, 1.54) is 0 Å². The van der Waals surface area contributed by atoms with E-state index in [1.54, 1.807) is 23.0 Å². The van der Waals surface area contributed by atoms with E-state index in [2.05, 4.69) is 20.3 Å². The van der Waals surface area contributed by atoms with Gasteiger partial charge in [0.15, 0.2) is 5.65 Å². The number of carbonyl (C=O) groups excluding carboxylic acids is 1. The van der Waals surface area contributed by atoms with E-state index < -0.39 is 0 Å². The molecule has 3 aromatic rings. The molecule has 23 heavy (non-hydrogen) atoms. The van der Waals surface area contributed by atoms with Crippen LogP contribution in [0.1, 0.15) is 21.6 Å². The van der Waals surface area contributed by atoms with Gasteiger partial charge in [-0.25, -0.2) is 9.50 Å². The summed E-state index contributed by atoms with van der Waals surface area (Å²) >= 11 is 0. The molecular weight excluding hydrogens is 290 g/mol. The third kappa shape index (κ3) is 3.22. The number of hydrogen-bond donors (Lipinski definition) is 1. The standard InChI is InChI=1S/C17H19N5O/c1-12-15(16-18-8-5-9-22(16)20-12)17(23)19-14-7-4-6-13(10-14)11-21(2)3/h4-10H,11H2,1-3H3,(H,19,23). The second-order valence-corrected chi connectivity index (χ2v) is 5.74. The minimum Gasteiger partial charge on any atom is -0.322 e. The molecule has 0 bridgehead atoms. The molecule has 0 aliphatic rings. The largest absolute Gasteiger partial charge is 0.322 e. The number of aryl methyl sites for hydroxylation is 1. The first-order valence-corrected chi connectivity index (χ1v) is 7.39. The molecule has 0 radical (unpaired) electrons. The molecular formula is C17H19N5O. The zero-order valence-corrected chi connectivity index (χ0v) is 13.4. The van der Waals surface area contributed by atoms with Gasteiger partial charge in [0, 0.05) is 24.6 Å². The summed E-state index contributed by atoms with van der Waals surface area (Å²) in [6.45, 7) is 2.63. The van der Waals surface area contributed by atoms with Crippen molar-refractivity contribution < 1.29 is 4.79 Å². The zero-order valence-electron chi connectivity index (χ0n) is 13.4. The Balaban J connectivity index is 1.88. The van der Waals surface area contributed by atoms with Gasteiger partial charge in [0.2, 0.25) is 0 Å². The summed E-state index contributed by atoms with van der Waals surface area (Å²) < 4.78 is 1.62. The Morgan fingerprint density at radius 3 is 2.91 bits per heavy atom. The molecule has 0 spiro atoms. The van der Waals surface area contributed by atoms with Gasteiger partial charge >= 0.3 is 0 Å². The SMILES string of the molecule is Cc1nn2cccnc2c1C(=O)Nc1cccc(CN(C)C)c1. The predicted molar refractivity (Wildman–Crippen MR) is 89.5 cm³/mol. The quantitative estimate of drug-likeness (QED) is 0.803. The maximum Gasteiger partial charge on any atom is 0.261 e. The molecule has 3 rings (SSSR count). The fourth-order valence-electron chi connectivity index (χ4n) is 2.57. The molecule has 0 aliphatic heterocycles. The molecule has 0 atom stereocenters. The van der Waals surface area contributed by atoms with E-state index in [1.807, 2.05) is 45.3 Å². The summed E-state index contributed by atoms with van der Waals surface area (Å²) in [5, 5.41) is 7.26.